The summed E-state index contributed by atoms with van der Waals surface area (Å²) in [6.07, 6.45) is 4.47. The molecule has 2 unspecified atom stereocenters. The third-order valence-corrected chi connectivity index (χ3v) is 3.23. The molecule has 2 atom stereocenters. The molecule has 1 saturated carbocycles. The van der Waals surface area contributed by atoms with Gasteiger partial charge in [-0.2, -0.15) is 0 Å². The number of likely N-dealkylation sites (N-methyl/N-ethyl adjacent to an activating group) is 1. The van der Waals surface area contributed by atoms with Crippen LogP contribution in [0, 0.1) is 0 Å². The van der Waals surface area contributed by atoms with Crippen molar-refractivity contribution in [2.75, 3.05) is 6.54 Å². The van der Waals surface area contributed by atoms with E-state index < -0.39 is 0 Å². The van der Waals surface area contributed by atoms with E-state index in [0.29, 0.717) is 0 Å². The number of hydrogen-bond acceptors (Lipinski definition) is 3. The van der Waals surface area contributed by atoms with Crippen LogP contribution < -0.4 is 5.73 Å². The first-order chi connectivity index (χ1) is 7.74. The maximum Gasteiger partial charge on any atom is 0.0673 e. The van der Waals surface area contributed by atoms with Gasteiger partial charge in [-0.05, 0) is 38.4 Å². The van der Waals surface area contributed by atoms with E-state index in [0.717, 1.165) is 18.3 Å². The average molecular weight is 219 g/mol. The van der Waals surface area contributed by atoms with Crippen LogP contribution >= 0.6 is 0 Å². The van der Waals surface area contributed by atoms with Gasteiger partial charge in [-0.3, -0.25) is 9.88 Å². The van der Waals surface area contributed by atoms with Gasteiger partial charge in [-0.25, -0.2) is 0 Å². The zero-order valence-corrected chi connectivity index (χ0v) is 10.1. The van der Waals surface area contributed by atoms with Crippen LogP contribution in [0.5, 0.6) is 0 Å². The van der Waals surface area contributed by atoms with E-state index in [1.807, 2.05) is 18.3 Å². The minimum absolute atomic E-state index is 0.121. The number of aromatic nitrogens is 1. The molecule has 0 radical (unpaired) electrons. The summed E-state index contributed by atoms with van der Waals surface area (Å²) in [6, 6.07) is 7.18. The molecule has 0 aromatic carbocycles. The maximum atomic E-state index is 6.13. The Labute approximate surface area is 97.7 Å². The molecule has 0 bridgehead atoms. The molecular formula is C13H21N3. The van der Waals surface area contributed by atoms with Crippen LogP contribution in [0.1, 0.15) is 38.4 Å². The fourth-order valence-corrected chi connectivity index (χ4v) is 2.38. The molecule has 2 rings (SSSR count). The second-order valence-electron chi connectivity index (χ2n) is 4.62. The van der Waals surface area contributed by atoms with Crippen LogP contribution in [0.4, 0.5) is 0 Å². The van der Waals surface area contributed by atoms with Crippen molar-refractivity contribution in [3.8, 4) is 0 Å². The van der Waals surface area contributed by atoms with Gasteiger partial charge in [0.15, 0.2) is 0 Å². The van der Waals surface area contributed by atoms with E-state index in [-0.39, 0.29) is 12.1 Å². The van der Waals surface area contributed by atoms with Crippen LogP contribution in [-0.2, 0) is 0 Å². The Hall–Kier alpha value is -0.930. The molecule has 3 heteroatoms. The molecule has 0 spiro atoms. The topological polar surface area (TPSA) is 42.2 Å². The second kappa shape index (κ2) is 4.93. The lowest BCUT2D eigenvalue weighted by Crippen LogP contribution is -2.41. The minimum Gasteiger partial charge on any atom is -0.326 e. The Morgan fingerprint density at radius 2 is 2.25 bits per heavy atom. The largest absolute Gasteiger partial charge is 0.326 e. The molecule has 0 aliphatic heterocycles. The molecule has 1 fully saturated rings. The molecule has 3 nitrogen and oxygen atoms in total. The molecule has 1 aromatic heterocycles. The Morgan fingerprint density at radius 1 is 1.50 bits per heavy atom. The summed E-state index contributed by atoms with van der Waals surface area (Å²) in [5.74, 6) is 0. The van der Waals surface area contributed by atoms with Crippen LogP contribution in [0.15, 0.2) is 24.4 Å². The van der Waals surface area contributed by atoms with Gasteiger partial charge in [-0.15, -0.1) is 0 Å². The molecular weight excluding hydrogens is 198 g/mol. The summed E-state index contributed by atoms with van der Waals surface area (Å²) in [6.45, 7) is 5.33. The van der Waals surface area contributed by atoms with Crippen molar-refractivity contribution in [1.82, 2.24) is 9.88 Å². The fraction of sp³-hybridized carbons (Fsp3) is 0.615. The molecule has 1 aliphatic rings. The summed E-state index contributed by atoms with van der Waals surface area (Å²) < 4.78 is 0. The molecule has 88 valence electrons. The third kappa shape index (κ3) is 2.42. The lowest BCUT2D eigenvalue weighted by atomic mass is 10.0. The summed E-state index contributed by atoms with van der Waals surface area (Å²) >= 11 is 0. The van der Waals surface area contributed by atoms with Gasteiger partial charge in [0.25, 0.3) is 0 Å². The summed E-state index contributed by atoms with van der Waals surface area (Å²) in [4.78, 5) is 6.95. The third-order valence-electron chi connectivity index (χ3n) is 3.23. The first kappa shape index (κ1) is 11.6. The van der Waals surface area contributed by atoms with Crippen LogP contribution in [0.3, 0.4) is 0 Å². The second-order valence-corrected chi connectivity index (χ2v) is 4.62. The number of rotatable bonds is 5. The molecule has 2 N–H and O–H groups in total. The number of nitrogens with zero attached hydrogens (tertiary/aromatic N) is 2. The van der Waals surface area contributed by atoms with Crippen molar-refractivity contribution in [1.29, 1.82) is 0 Å². The summed E-state index contributed by atoms with van der Waals surface area (Å²) in [5.41, 5.74) is 7.23. The molecule has 0 saturated heterocycles. The lowest BCUT2D eigenvalue weighted by molar-refractivity contribution is 0.172. The number of nitrogens with two attached hydrogens (primary N) is 1. The summed E-state index contributed by atoms with van der Waals surface area (Å²) in [7, 11) is 0. The standard InChI is InChI=1S/C13H21N3/c1-3-16(11-7-8-11)13(10(2)14)12-6-4-5-9-15-12/h4-6,9-11,13H,3,7-8,14H2,1-2H3. The smallest absolute Gasteiger partial charge is 0.0673 e. The highest BCUT2D eigenvalue weighted by atomic mass is 15.2. The zero-order valence-electron chi connectivity index (χ0n) is 10.1. The van der Waals surface area contributed by atoms with Crippen molar-refractivity contribution < 1.29 is 0 Å². The SMILES string of the molecule is CCN(C1CC1)C(c1ccccn1)C(C)N. The first-order valence-corrected chi connectivity index (χ1v) is 6.16. The molecule has 0 amide bonds. The monoisotopic (exact) mass is 219 g/mol. The van der Waals surface area contributed by atoms with E-state index >= 15 is 0 Å². The van der Waals surface area contributed by atoms with Crippen molar-refractivity contribution in [2.24, 2.45) is 5.73 Å². The van der Waals surface area contributed by atoms with E-state index in [9.17, 15) is 0 Å². The van der Waals surface area contributed by atoms with Crippen LogP contribution in [0.25, 0.3) is 0 Å². The lowest BCUT2D eigenvalue weighted by Gasteiger charge is -2.33. The maximum absolute atomic E-state index is 6.13. The first-order valence-electron chi connectivity index (χ1n) is 6.16. The molecule has 1 aliphatic carbocycles. The van der Waals surface area contributed by atoms with E-state index in [2.05, 4.69) is 29.8 Å². The zero-order chi connectivity index (χ0) is 11.5. The highest BCUT2D eigenvalue weighted by Gasteiger charge is 2.35. The van der Waals surface area contributed by atoms with Gasteiger partial charge >= 0.3 is 0 Å². The minimum atomic E-state index is 0.121. The van der Waals surface area contributed by atoms with Gasteiger partial charge in [-0.1, -0.05) is 13.0 Å². The van der Waals surface area contributed by atoms with E-state index in [1.54, 1.807) is 0 Å². The van der Waals surface area contributed by atoms with Gasteiger partial charge in [0, 0.05) is 18.3 Å². The van der Waals surface area contributed by atoms with Gasteiger partial charge in [0.2, 0.25) is 0 Å². The predicted octanol–water partition coefficient (Wildman–Crippen LogP) is 1.95. The molecule has 1 heterocycles. The number of pyridine rings is 1. The van der Waals surface area contributed by atoms with Crippen molar-refractivity contribution in [2.45, 2.75) is 44.8 Å². The Morgan fingerprint density at radius 3 is 2.69 bits per heavy atom. The molecule has 16 heavy (non-hydrogen) atoms. The van der Waals surface area contributed by atoms with Gasteiger partial charge < -0.3 is 5.73 Å². The predicted molar refractivity (Wildman–Crippen MR) is 66.0 cm³/mol. The summed E-state index contributed by atoms with van der Waals surface area (Å²) in [5, 5.41) is 0. The van der Waals surface area contributed by atoms with Gasteiger partial charge in [0.1, 0.15) is 0 Å². The normalized spacial score (nSPS) is 19.8. The average Bonchev–Trinajstić information content (AvgIpc) is 3.10. The highest BCUT2D eigenvalue weighted by molar-refractivity contribution is 5.12. The van der Waals surface area contributed by atoms with Crippen molar-refractivity contribution >= 4 is 0 Å². The van der Waals surface area contributed by atoms with Crippen LogP contribution in [-0.4, -0.2) is 28.5 Å². The van der Waals surface area contributed by atoms with Crippen molar-refractivity contribution in [3.05, 3.63) is 30.1 Å². The van der Waals surface area contributed by atoms with Gasteiger partial charge in [0.05, 0.1) is 11.7 Å². The van der Waals surface area contributed by atoms with Crippen molar-refractivity contribution in [3.63, 3.8) is 0 Å². The fourth-order valence-electron chi connectivity index (χ4n) is 2.38. The number of hydrogen-bond donors (Lipinski definition) is 1. The quantitative estimate of drug-likeness (QED) is 0.823. The van der Waals surface area contributed by atoms with Crippen LogP contribution in [0.2, 0.25) is 0 Å². The van der Waals surface area contributed by atoms with E-state index in [1.165, 1.54) is 12.8 Å². The highest BCUT2D eigenvalue weighted by Crippen LogP contribution is 2.34. The Kier molecular flexibility index (Phi) is 3.56. The Balaban J connectivity index is 2.22. The molecule has 1 aromatic rings. The van der Waals surface area contributed by atoms with E-state index in [4.69, 9.17) is 5.73 Å². The Bertz CT molecular complexity index is 319.